The zero-order valence-electron chi connectivity index (χ0n) is 8.68. The van der Waals surface area contributed by atoms with Crippen LogP contribution in [0.3, 0.4) is 0 Å². The standard InChI is InChI=1S/C11H12N2O2/c1-8(15-9(2)14)13-11-6-4-3-5-10(11)7-12-13/h3-8H,1-2H3. The molecule has 1 heterocycles. The van der Waals surface area contributed by atoms with Crippen LogP contribution in [0.2, 0.25) is 0 Å². The summed E-state index contributed by atoms with van der Waals surface area (Å²) in [6.45, 7) is 3.18. The van der Waals surface area contributed by atoms with Gasteiger partial charge < -0.3 is 4.74 Å². The number of hydrogen-bond acceptors (Lipinski definition) is 3. The van der Waals surface area contributed by atoms with Crippen molar-refractivity contribution in [3.8, 4) is 0 Å². The summed E-state index contributed by atoms with van der Waals surface area (Å²) in [7, 11) is 0. The highest BCUT2D eigenvalue weighted by Crippen LogP contribution is 2.17. The molecule has 2 rings (SSSR count). The number of aromatic nitrogens is 2. The number of para-hydroxylation sites is 1. The molecule has 78 valence electrons. The van der Waals surface area contributed by atoms with Gasteiger partial charge in [0.1, 0.15) is 0 Å². The molecule has 0 aliphatic heterocycles. The summed E-state index contributed by atoms with van der Waals surface area (Å²) in [6.07, 6.45) is 1.39. The number of benzene rings is 1. The van der Waals surface area contributed by atoms with E-state index in [4.69, 9.17) is 4.74 Å². The largest absolute Gasteiger partial charge is 0.440 e. The zero-order valence-corrected chi connectivity index (χ0v) is 8.68. The average Bonchev–Trinajstić information content (AvgIpc) is 2.59. The van der Waals surface area contributed by atoms with Crippen LogP contribution in [-0.2, 0) is 9.53 Å². The van der Waals surface area contributed by atoms with E-state index in [1.54, 1.807) is 17.8 Å². The summed E-state index contributed by atoms with van der Waals surface area (Å²) in [5, 5.41) is 5.23. The third-order valence-electron chi connectivity index (χ3n) is 2.19. The maximum atomic E-state index is 10.8. The van der Waals surface area contributed by atoms with Crippen molar-refractivity contribution in [3.05, 3.63) is 30.5 Å². The highest BCUT2D eigenvalue weighted by Gasteiger charge is 2.11. The number of ether oxygens (including phenoxy) is 1. The fraction of sp³-hybridized carbons (Fsp3) is 0.273. The third-order valence-corrected chi connectivity index (χ3v) is 2.19. The Hall–Kier alpha value is -1.84. The van der Waals surface area contributed by atoms with Gasteiger partial charge in [0.05, 0.1) is 11.7 Å². The molecule has 1 unspecified atom stereocenters. The first kappa shape index (κ1) is 9.71. The molecule has 0 saturated carbocycles. The Bertz CT molecular complexity index is 490. The van der Waals surface area contributed by atoms with E-state index >= 15 is 0 Å². The van der Waals surface area contributed by atoms with Crippen LogP contribution in [0.4, 0.5) is 0 Å². The van der Waals surface area contributed by atoms with Gasteiger partial charge in [-0.15, -0.1) is 0 Å². The van der Waals surface area contributed by atoms with E-state index in [0.29, 0.717) is 0 Å². The predicted octanol–water partition coefficient (Wildman–Crippen LogP) is 2.12. The lowest BCUT2D eigenvalue weighted by Crippen LogP contribution is -2.13. The second-order valence-electron chi connectivity index (χ2n) is 3.36. The van der Waals surface area contributed by atoms with Gasteiger partial charge in [0.25, 0.3) is 0 Å². The van der Waals surface area contributed by atoms with E-state index in [0.717, 1.165) is 10.9 Å². The molecular formula is C11H12N2O2. The molecule has 0 spiro atoms. The Balaban J connectivity index is 2.39. The maximum absolute atomic E-state index is 10.8. The lowest BCUT2D eigenvalue weighted by molar-refractivity contribution is -0.150. The molecule has 0 fully saturated rings. The fourth-order valence-electron chi connectivity index (χ4n) is 1.57. The molecule has 0 saturated heterocycles. The first-order chi connectivity index (χ1) is 7.18. The molecule has 4 heteroatoms. The minimum atomic E-state index is -0.373. The van der Waals surface area contributed by atoms with Crippen molar-refractivity contribution in [1.29, 1.82) is 0 Å². The lowest BCUT2D eigenvalue weighted by Gasteiger charge is -2.12. The summed E-state index contributed by atoms with van der Waals surface area (Å²) in [5.41, 5.74) is 0.964. The van der Waals surface area contributed by atoms with Crippen LogP contribution in [-0.4, -0.2) is 15.7 Å². The first-order valence-electron chi connectivity index (χ1n) is 4.78. The predicted molar refractivity (Wildman–Crippen MR) is 56.2 cm³/mol. The number of fused-ring (bicyclic) bond motifs is 1. The number of carbonyl (C=O) groups is 1. The van der Waals surface area contributed by atoms with Gasteiger partial charge in [-0.3, -0.25) is 4.79 Å². The third kappa shape index (κ3) is 1.83. The number of esters is 1. The molecule has 15 heavy (non-hydrogen) atoms. The summed E-state index contributed by atoms with van der Waals surface area (Å²) >= 11 is 0. The smallest absolute Gasteiger partial charge is 0.304 e. The van der Waals surface area contributed by atoms with Crippen molar-refractivity contribution in [2.24, 2.45) is 0 Å². The van der Waals surface area contributed by atoms with Crippen LogP contribution in [0.5, 0.6) is 0 Å². The van der Waals surface area contributed by atoms with Crippen LogP contribution in [0.25, 0.3) is 10.9 Å². The number of nitrogens with zero attached hydrogens (tertiary/aromatic N) is 2. The molecule has 0 radical (unpaired) electrons. The molecule has 0 bridgehead atoms. The van der Waals surface area contributed by atoms with Crippen molar-refractivity contribution < 1.29 is 9.53 Å². The zero-order chi connectivity index (χ0) is 10.8. The van der Waals surface area contributed by atoms with Gasteiger partial charge in [0.15, 0.2) is 6.23 Å². The van der Waals surface area contributed by atoms with Crippen LogP contribution >= 0.6 is 0 Å². The minimum absolute atomic E-state index is 0.304. The maximum Gasteiger partial charge on any atom is 0.304 e. The second kappa shape index (κ2) is 3.73. The van der Waals surface area contributed by atoms with Gasteiger partial charge >= 0.3 is 5.97 Å². The molecule has 0 amide bonds. The Morgan fingerprint density at radius 3 is 2.93 bits per heavy atom. The van der Waals surface area contributed by atoms with E-state index in [9.17, 15) is 4.79 Å². The fourth-order valence-corrected chi connectivity index (χ4v) is 1.57. The Labute approximate surface area is 87.5 Å². The number of hydrogen-bond donors (Lipinski definition) is 0. The van der Waals surface area contributed by atoms with E-state index < -0.39 is 0 Å². The number of carbonyl (C=O) groups excluding carboxylic acids is 1. The van der Waals surface area contributed by atoms with Gasteiger partial charge in [-0.2, -0.15) is 5.10 Å². The highest BCUT2D eigenvalue weighted by molar-refractivity contribution is 5.78. The molecular weight excluding hydrogens is 192 g/mol. The van der Waals surface area contributed by atoms with Crippen molar-refractivity contribution in [2.45, 2.75) is 20.1 Å². The van der Waals surface area contributed by atoms with Crippen LogP contribution < -0.4 is 0 Å². The monoisotopic (exact) mass is 204 g/mol. The topological polar surface area (TPSA) is 44.1 Å². The minimum Gasteiger partial charge on any atom is -0.440 e. The molecule has 0 N–H and O–H groups in total. The normalized spacial score (nSPS) is 12.7. The summed E-state index contributed by atoms with van der Waals surface area (Å²) in [5.74, 6) is -0.304. The molecule has 1 aromatic carbocycles. The SMILES string of the molecule is CC(=O)OC(C)n1ncc2ccccc21. The van der Waals surface area contributed by atoms with Crippen molar-refractivity contribution in [1.82, 2.24) is 9.78 Å². The van der Waals surface area contributed by atoms with Gasteiger partial charge in [0, 0.05) is 12.3 Å². The number of rotatable bonds is 2. The summed E-state index contributed by atoms with van der Waals surface area (Å²) < 4.78 is 6.76. The quantitative estimate of drug-likeness (QED) is 0.704. The molecule has 0 aliphatic rings. The van der Waals surface area contributed by atoms with E-state index in [1.165, 1.54) is 6.92 Å². The summed E-state index contributed by atoms with van der Waals surface area (Å²) in [4.78, 5) is 10.8. The van der Waals surface area contributed by atoms with Gasteiger partial charge in [0.2, 0.25) is 0 Å². The Morgan fingerprint density at radius 2 is 2.20 bits per heavy atom. The first-order valence-corrected chi connectivity index (χ1v) is 4.78. The molecule has 1 atom stereocenters. The second-order valence-corrected chi connectivity index (χ2v) is 3.36. The van der Waals surface area contributed by atoms with E-state index in [1.807, 2.05) is 24.3 Å². The van der Waals surface area contributed by atoms with Crippen molar-refractivity contribution >= 4 is 16.9 Å². The molecule has 0 aliphatic carbocycles. The average molecular weight is 204 g/mol. The Morgan fingerprint density at radius 1 is 1.47 bits per heavy atom. The van der Waals surface area contributed by atoms with Crippen LogP contribution in [0, 0.1) is 0 Å². The highest BCUT2D eigenvalue weighted by atomic mass is 16.6. The van der Waals surface area contributed by atoms with E-state index in [2.05, 4.69) is 5.10 Å². The molecule has 1 aromatic heterocycles. The Kier molecular flexibility index (Phi) is 2.41. The van der Waals surface area contributed by atoms with Crippen LogP contribution in [0.15, 0.2) is 30.5 Å². The van der Waals surface area contributed by atoms with Gasteiger partial charge in [-0.1, -0.05) is 18.2 Å². The van der Waals surface area contributed by atoms with Crippen molar-refractivity contribution in [2.75, 3.05) is 0 Å². The lowest BCUT2D eigenvalue weighted by atomic mass is 10.2. The molecule has 4 nitrogen and oxygen atoms in total. The van der Waals surface area contributed by atoms with E-state index in [-0.39, 0.29) is 12.2 Å². The molecule has 2 aromatic rings. The van der Waals surface area contributed by atoms with Crippen LogP contribution in [0.1, 0.15) is 20.1 Å². The summed E-state index contributed by atoms with van der Waals surface area (Å²) in [6, 6.07) is 7.80. The van der Waals surface area contributed by atoms with Gasteiger partial charge in [-0.25, -0.2) is 4.68 Å². The van der Waals surface area contributed by atoms with Crippen molar-refractivity contribution in [3.63, 3.8) is 0 Å². The van der Waals surface area contributed by atoms with Gasteiger partial charge in [-0.05, 0) is 13.0 Å².